The fraction of sp³-hybridized carbons (Fsp3) is 0.688. The van der Waals surface area contributed by atoms with Gasteiger partial charge in [-0.05, 0) is 44.9 Å². The topological polar surface area (TPSA) is 67.1 Å². The van der Waals surface area contributed by atoms with Crippen molar-refractivity contribution in [3.63, 3.8) is 0 Å². The van der Waals surface area contributed by atoms with Crippen molar-refractivity contribution in [3.05, 3.63) is 24.3 Å². The van der Waals surface area contributed by atoms with E-state index >= 15 is 0 Å². The standard InChI is InChI=1S/C16H28N6.HI/c1-17-16(19-11-9-15-7-3-2-4-8-15)18-10-5-6-12-22-13-20-21-14-22;/h7,13-14H,2-6,8-12H2,1H3,(H2,17,18,19);1H. The maximum absolute atomic E-state index is 4.27. The summed E-state index contributed by atoms with van der Waals surface area (Å²) in [5, 5.41) is 14.4. The van der Waals surface area contributed by atoms with Crippen LogP contribution in [0.3, 0.4) is 0 Å². The zero-order valence-corrected chi connectivity index (χ0v) is 16.3. The van der Waals surface area contributed by atoms with E-state index in [0.717, 1.165) is 44.9 Å². The molecule has 1 aromatic heterocycles. The molecule has 2 rings (SSSR count). The maximum Gasteiger partial charge on any atom is 0.190 e. The zero-order chi connectivity index (χ0) is 15.5. The van der Waals surface area contributed by atoms with Crippen LogP contribution in [0, 0.1) is 0 Å². The summed E-state index contributed by atoms with van der Waals surface area (Å²) >= 11 is 0. The van der Waals surface area contributed by atoms with Gasteiger partial charge in [-0.25, -0.2) is 0 Å². The van der Waals surface area contributed by atoms with Gasteiger partial charge in [-0.15, -0.1) is 34.2 Å². The summed E-state index contributed by atoms with van der Waals surface area (Å²) in [5.74, 6) is 0.903. The second-order valence-corrected chi connectivity index (χ2v) is 5.69. The van der Waals surface area contributed by atoms with Crippen molar-refractivity contribution >= 4 is 29.9 Å². The van der Waals surface area contributed by atoms with E-state index in [1.54, 1.807) is 18.2 Å². The van der Waals surface area contributed by atoms with Crippen LogP contribution in [0.15, 0.2) is 29.3 Å². The molecular formula is C16H29IN6. The number of nitrogens with one attached hydrogen (secondary N) is 2. The highest BCUT2D eigenvalue weighted by atomic mass is 127. The molecule has 1 aliphatic carbocycles. The van der Waals surface area contributed by atoms with Gasteiger partial charge >= 0.3 is 0 Å². The number of nitrogens with zero attached hydrogens (tertiary/aromatic N) is 4. The van der Waals surface area contributed by atoms with E-state index in [1.165, 1.54) is 25.7 Å². The lowest BCUT2D eigenvalue weighted by atomic mass is 9.97. The third kappa shape index (κ3) is 8.34. The van der Waals surface area contributed by atoms with Crippen molar-refractivity contribution in [2.75, 3.05) is 20.1 Å². The van der Waals surface area contributed by atoms with E-state index in [4.69, 9.17) is 0 Å². The highest BCUT2D eigenvalue weighted by molar-refractivity contribution is 14.0. The van der Waals surface area contributed by atoms with Crippen molar-refractivity contribution in [2.24, 2.45) is 4.99 Å². The second kappa shape index (κ2) is 12.3. The number of aryl methyl sites for hydroxylation is 1. The predicted octanol–water partition coefficient (Wildman–Crippen LogP) is 2.73. The van der Waals surface area contributed by atoms with Crippen LogP contribution in [-0.2, 0) is 6.54 Å². The summed E-state index contributed by atoms with van der Waals surface area (Å²) in [5.41, 5.74) is 1.60. The van der Waals surface area contributed by atoms with Crippen molar-refractivity contribution in [2.45, 2.75) is 51.5 Å². The summed E-state index contributed by atoms with van der Waals surface area (Å²) in [6.45, 7) is 2.87. The van der Waals surface area contributed by atoms with Crippen molar-refractivity contribution in [1.29, 1.82) is 0 Å². The second-order valence-electron chi connectivity index (χ2n) is 5.69. The number of halogens is 1. The van der Waals surface area contributed by atoms with E-state index in [0.29, 0.717) is 0 Å². The van der Waals surface area contributed by atoms with Gasteiger partial charge in [0, 0.05) is 26.7 Å². The molecule has 0 amide bonds. The quantitative estimate of drug-likeness (QED) is 0.218. The Morgan fingerprint density at radius 2 is 1.96 bits per heavy atom. The Bertz CT molecular complexity index is 469. The molecule has 7 heteroatoms. The van der Waals surface area contributed by atoms with Gasteiger partial charge in [-0.1, -0.05) is 11.6 Å². The maximum atomic E-state index is 4.27. The SMILES string of the molecule is CN=C(NCCCCn1cnnc1)NCCC1=CCCCC1.I. The molecule has 0 aliphatic heterocycles. The Kier molecular flexibility index (Phi) is 10.7. The monoisotopic (exact) mass is 432 g/mol. The number of unbranched alkanes of at least 4 members (excludes halogenated alkanes) is 1. The van der Waals surface area contributed by atoms with Crippen molar-refractivity contribution in [3.8, 4) is 0 Å². The predicted molar refractivity (Wildman–Crippen MR) is 105 cm³/mol. The molecule has 0 atom stereocenters. The molecule has 0 unspecified atom stereocenters. The molecule has 6 nitrogen and oxygen atoms in total. The number of guanidine groups is 1. The molecule has 1 heterocycles. The van der Waals surface area contributed by atoms with E-state index in [2.05, 4.69) is 31.9 Å². The molecule has 0 saturated heterocycles. The van der Waals surface area contributed by atoms with Crippen LogP contribution in [0.25, 0.3) is 0 Å². The zero-order valence-electron chi connectivity index (χ0n) is 14.0. The molecule has 0 aromatic carbocycles. The minimum atomic E-state index is 0. The first-order valence-corrected chi connectivity index (χ1v) is 8.33. The Hall–Kier alpha value is -1.12. The summed E-state index contributed by atoms with van der Waals surface area (Å²) in [4.78, 5) is 4.27. The molecule has 0 radical (unpaired) electrons. The smallest absolute Gasteiger partial charge is 0.190 e. The van der Waals surface area contributed by atoms with E-state index in [9.17, 15) is 0 Å². The third-order valence-electron chi connectivity index (χ3n) is 3.95. The Balaban J connectivity index is 0.00000264. The normalized spacial score (nSPS) is 14.8. The lowest BCUT2D eigenvalue weighted by molar-refractivity contribution is 0.597. The number of hydrogen-bond acceptors (Lipinski definition) is 3. The van der Waals surface area contributed by atoms with E-state index in [-0.39, 0.29) is 24.0 Å². The first-order chi connectivity index (χ1) is 10.9. The first kappa shape index (κ1) is 19.9. The lowest BCUT2D eigenvalue weighted by Gasteiger charge is -2.15. The van der Waals surface area contributed by atoms with Crippen LogP contribution in [0.5, 0.6) is 0 Å². The van der Waals surface area contributed by atoms with Crippen LogP contribution < -0.4 is 10.6 Å². The minimum absolute atomic E-state index is 0. The summed E-state index contributed by atoms with van der Waals surface area (Å²) in [6.07, 6.45) is 14.5. The Labute approximate surface area is 156 Å². The molecule has 0 bridgehead atoms. The van der Waals surface area contributed by atoms with Crippen molar-refractivity contribution < 1.29 is 0 Å². The Morgan fingerprint density at radius 1 is 1.17 bits per heavy atom. The van der Waals surface area contributed by atoms with Gasteiger partial charge in [-0.3, -0.25) is 4.99 Å². The van der Waals surface area contributed by atoms with Gasteiger partial charge in [0.25, 0.3) is 0 Å². The molecule has 130 valence electrons. The minimum Gasteiger partial charge on any atom is -0.356 e. The average molecular weight is 432 g/mol. The number of rotatable bonds is 8. The van der Waals surface area contributed by atoms with Gasteiger partial charge in [0.15, 0.2) is 5.96 Å². The molecule has 2 N–H and O–H groups in total. The fourth-order valence-electron chi connectivity index (χ4n) is 2.66. The number of aromatic nitrogens is 3. The molecule has 1 aromatic rings. The van der Waals surface area contributed by atoms with Crippen LogP contribution >= 0.6 is 24.0 Å². The van der Waals surface area contributed by atoms with Gasteiger partial charge in [0.2, 0.25) is 0 Å². The number of allylic oxidation sites excluding steroid dienone is 1. The van der Waals surface area contributed by atoms with Crippen molar-refractivity contribution in [1.82, 2.24) is 25.4 Å². The van der Waals surface area contributed by atoms with Gasteiger partial charge in [-0.2, -0.15) is 0 Å². The highest BCUT2D eigenvalue weighted by Gasteiger charge is 2.04. The lowest BCUT2D eigenvalue weighted by Crippen LogP contribution is -2.38. The average Bonchev–Trinajstić information content (AvgIpc) is 3.07. The molecule has 0 spiro atoms. The fourth-order valence-corrected chi connectivity index (χ4v) is 2.66. The van der Waals surface area contributed by atoms with E-state index < -0.39 is 0 Å². The van der Waals surface area contributed by atoms with Gasteiger partial charge < -0.3 is 15.2 Å². The molecular weight excluding hydrogens is 403 g/mol. The Morgan fingerprint density at radius 3 is 2.65 bits per heavy atom. The summed E-state index contributed by atoms with van der Waals surface area (Å²) in [7, 11) is 1.83. The molecule has 0 saturated carbocycles. The van der Waals surface area contributed by atoms with Gasteiger partial charge in [0.05, 0.1) is 0 Å². The first-order valence-electron chi connectivity index (χ1n) is 8.33. The van der Waals surface area contributed by atoms with Crippen LogP contribution in [0.4, 0.5) is 0 Å². The molecule has 23 heavy (non-hydrogen) atoms. The third-order valence-corrected chi connectivity index (χ3v) is 3.95. The molecule has 1 aliphatic rings. The number of hydrogen-bond donors (Lipinski definition) is 2. The highest BCUT2D eigenvalue weighted by Crippen LogP contribution is 2.19. The summed E-state index contributed by atoms with van der Waals surface area (Å²) < 4.78 is 2.00. The molecule has 0 fully saturated rings. The summed E-state index contributed by atoms with van der Waals surface area (Å²) in [6, 6.07) is 0. The number of aliphatic imine (C=N–C) groups is 1. The van der Waals surface area contributed by atoms with Crippen LogP contribution in [-0.4, -0.2) is 40.9 Å². The largest absolute Gasteiger partial charge is 0.356 e. The van der Waals surface area contributed by atoms with Crippen LogP contribution in [0.1, 0.15) is 44.9 Å². The van der Waals surface area contributed by atoms with Gasteiger partial charge in [0.1, 0.15) is 12.7 Å². The van der Waals surface area contributed by atoms with Crippen LogP contribution in [0.2, 0.25) is 0 Å². The van der Waals surface area contributed by atoms with E-state index in [1.807, 2.05) is 11.6 Å².